The fourth-order valence-electron chi connectivity index (χ4n) is 8.77. The van der Waals surface area contributed by atoms with E-state index < -0.39 is 0 Å². The van der Waals surface area contributed by atoms with E-state index in [0.717, 1.165) is 16.9 Å². The molecule has 0 fully saturated rings. The van der Waals surface area contributed by atoms with Crippen molar-refractivity contribution in [3.05, 3.63) is 194 Å². The summed E-state index contributed by atoms with van der Waals surface area (Å²) in [4.78, 5) is 4.83. The fraction of sp³-hybridized carbons (Fsp3) is 0.0192. The quantitative estimate of drug-likeness (QED) is 0.168. The van der Waals surface area contributed by atoms with Crippen LogP contribution in [0.25, 0.3) is 104 Å². The number of hydrogen-bond donors (Lipinski definition) is 0. The molecule has 2 nitrogen and oxygen atoms in total. The van der Waals surface area contributed by atoms with E-state index in [1.54, 1.807) is 0 Å². The molecule has 0 aliphatic heterocycles. The van der Waals surface area contributed by atoms with E-state index in [4.69, 9.17) is 4.98 Å². The van der Waals surface area contributed by atoms with Crippen molar-refractivity contribution >= 4 is 59.5 Å². The van der Waals surface area contributed by atoms with Crippen LogP contribution in [0.5, 0.6) is 0 Å². The zero-order valence-electron chi connectivity index (χ0n) is 29.8. The normalized spacial score (nSPS) is 11.8. The molecule has 0 bridgehead atoms. The first kappa shape index (κ1) is 30.6. The van der Waals surface area contributed by atoms with Gasteiger partial charge in [-0.15, -0.1) is 0 Å². The number of rotatable bonds is 4. The smallest absolute Gasteiger partial charge is 0.137 e. The Morgan fingerprint density at radius 2 is 0.981 bits per heavy atom. The molecule has 0 aliphatic carbocycles. The maximum Gasteiger partial charge on any atom is 0.137 e. The molecule has 2 heteroatoms. The number of nitrogens with zero attached hydrogens (tertiary/aromatic N) is 2. The minimum Gasteiger partial charge on any atom is -0.306 e. The highest BCUT2D eigenvalue weighted by Gasteiger charge is 2.16. The molecule has 252 valence electrons. The van der Waals surface area contributed by atoms with E-state index in [2.05, 4.69) is 175 Å². The predicted octanol–water partition coefficient (Wildman–Crippen LogP) is 14.1. The Kier molecular flexibility index (Phi) is 6.80. The standard InChI is InChI=1S/C52H34N2/c1-33-9-6-10-36-22-23-38-12-8-16-47(52(38)50(33)36)46-15-7-11-37-24-25-40-31-39(26-27-43(40)51(37)46)42-29-28-41(44-13-2-3-14-45(42)44)34-18-20-35(21-19-34)48-32-54-30-5-4-17-49(54)53-48/h2-32H,1H3. The van der Waals surface area contributed by atoms with E-state index in [9.17, 15) is 0 Å². The van der Waals surface area contributed by atoms with Crippen molar-refractivity contribution in [2.24, 2.45) is 0 Å². The van der Waals surface area contributed by atoms with Crippen molar-refractivity contribution in [2.75, 3.05) is 0 Å². The Labute approximate surface area is 313 Å². The largest absolute Gasteiger partial charge is 0.306 e. The van der Waals surface area contributed by atoms with E-state index in [-0.39, 0.29) is 0 Å². The minimum atomic E-state index is 0.953. The first-order valence-corrected chi connectivity index (χ1v) is 18.6. The first-order chi connectivity index (χ1) is 26.7. The molecule has 0 aliphatic rings. The van der Waals surface area contributed by atoms with Gasteiger partial charge in [-0.05, 0) is 118 Å². The van der Waals surface area contributed by atoms with Gasteiger partial charge in [0.2, 0.25) is 0 Å². The van der Waals surface area contributed by atoms with Crippen molar-refractivity contribution < 1.29 is 0 Å². The molecule has 0 amide bonds. The van der Waals surface area contributed by atoms with Crippen molar-refractivity contribution in [2.45, 2.75) is 6.92 Å². The Balaban J connectivity index is 1.03. The topological polar surface area (TPSA) is 17.3 Å². The minimum absolute atomic E-state index is 0.953. The summed E-state index contributed by atoms with van der Waals surface area (Å²) in [5.74, 6) is 0. The lowest BCUT2D eigenvalue weighted by Gasteiger charge is -2.16. The second kappa shape index (κ2) is 12.0. The molecular weight excluding hydrogens is 653 g/mol. The number of pyridine rings is 1. The van der Waals surface area contributed by atoms with Crippen LogP contribution in [0.2, 0.25) is 0 Å². The third-order valence-electron chi connectivity index (χ3n) is 11.3. The molecule has 11 rings (SSSR count). The molecule has 0 N–H and O–H groups in total. The molecule has 54 heavy (non-hydrogen) atoms. The molecule has 0 radical (unpaired) electrons. The van der Waals surface area contributed by atoms with Crippen LogP contribution in [-0.4, -0.2) is 9.38 Å². The fourth-order valence-corrected chi connectivity index (χ4v) is 8.77. The zero-order valence-corrected chi connectivity index (χ0v) is 29.8. The number of benzene rings is 9. The van der Waals surface area contributed by atoms with Gasteiger partial charge in [-0.2, -0.15) is 0 Å². The van der Waals surface area contributed by atoms with Crippen molar-refractivity contribution in [3.63, 3.8) is 0 Å². The van der Waals surface area contributed by atoms with Gasteiger partial charge >= 0.3 is 0 Å². The van der Waals surface area contributed by atoms with E-state index in [1.165, 1.54) is 92.8 Å². The van der Waals surface area contributed by atoms with Crippen molar-refractivity contribution in [1.82, 2.24) is 9.38 Å². The van der Waals surface area contributed by atoms with Crippen LogP contribution in [0.1, 0.15) is 5.56 Å². The Hall–Kier alpha value is -7.03. The molecule has 2 aromatic heterocycles. The summed E-state index contributed by atoms with van der Waals surface area (Å²) in [6, 6.07) is 64.5. The predicted molar refractivity (Wildman–Crippen MR) is 229 cm³/mol. The van der Waals surface area contributed by atoms with E-state index >= 15 is 0 Å². The summed E-state index contributed by atoms with van der Waals surface area (Å²) in [7, 11) is 0. The lowest BCUT2D eigenvalue weighted by Crippen LogP contribution is -1.89. The Morgan fingerprint density at radius 1 is 0.389 bits per heavy atom. The van der Waals surface area contributed by atoms with E-state index in [0.29, 0.717) is 0 Å². The van der Waals surface area contributed by atoms with E-state index in [1.807, 2.05) is 24.4 Å². The van der Waals surface area contributed by atoms with Crippen LogP contribution in [0, 0.1) is 6.92 Å². The lowest BCUT2D eigenvalue weighted by atomic mass is 9.87. The third kappa shape index (κ3) is 4.77. The highest BCUT2D eigenvalue weighted by molar-refractivity contribution is 6.22. The summed E-state index contributed by atoms with van der Waals surface area (Å²) in [6.07, 6.45) is 4.13. The second-order valence-corrected chi connectivity index (χ2v) is 14.4. The molecule has 11 aromatic rings. The van der Waals surface area contributed by atoms with Crippen LogP contribution < -0.4 is 0 Å². The van der Waals surface area contributed by atoms with Gasteiger partial charge in [0.1, 0.15) is 5.65 Å². The molecule has 0 saturated heterocycles. The van der Waals surface area contributed by atoms with Crippen LogP contribution in [-0.2, 0) is 0 Å². The zero-order chi connectivity index (χ0) is 35.8. The highest BCUT2D eigenvalue weighted by atomic mass is 15.0. The maximum absolute atomic E-state index is 4.83. The molecule has 0 saturated carbocycles. The average Bonchev–Trinajstić information content (AvgIpc) is 3.67. The third-order valence-corrected chi connectivity index (χ3v) is 11.3. The Morgan fingerprint density at radius 3 is 1.72 bits per heavy atom. The molecule has 9 aromatic carbocycles. The summed E-state index contributed by atoms with van der Waals surface area (Å²) in [5.41, 5.74) is 11.8. The van der Waals surface area contributed by atoms with Gasteiger partial charge in [-0.1, -0.05) is 158 Å². The van der Waals surface area contributed by atoms with Gasteiger partial charge in [0.05, 0.1) is 5.69 Å². The van der Waals surface area contributed by atoms with Gasteiger partial charge in [-0.3, -0.25) is 0 Å². The van der Waals surface area contributed by atoms with Gasteiger partial charge < -0.3 is 4.40 Å². The van der Waals surface area contributed by atoms with Gasteiger partial charge in [0.25, 0.3) is 0 Å². The van der Waals surface area contributed by atoms with Crippen molar-refractivity contribution in [1.29, 1.82) is 0 Å². The number of aryl methyl sites for hydroxylation is 1. The summed E-state index contributed by atoms with van der Waals surface area (Å²) in [5, 5.41) is 12.8. The second-order valence-electron chi connectivity index (χ2n) is 14.4. The highest BCUT2D eigenvalue weighted by Crippen LogP contribution is 2.43. The van der Waals surface area contributed by atoms with Crippen LogP contribution in [0.15, 0.2) is 188 Å². The molecule has 0 spiro atoms. The van der Waals surface area contributed by atoms with Crippen LogP contribution in [0.3, 0.4) is 0 Å². The average molecular weight is 687 g/mol. The summed E-state index contributed by atoms with van der Waals surface area (Å²) in [6.45, 7) is 2.23. The first-order valence-electron chi connectivity index (χ1n) is 18.6. The Bertz CT molecular complexity index is 3240. The molecule has 0 atom stereocenters. The summed E-state index contributed by atoms with van der Waals surface area (Å²) >= 11 is 0. The number of fused-ring (bicyclic) bond motifs is 8. The van der Waals surface area contributed by atoms with Gasteiger partial charge in [0, 0.05) is 18.0 Å². The maximum atomic E-state index is 4.83. The van der Waals surface area contributed by atoms with Crippen LogP contribution in [0.4, 0.5) is 0 Å². The van der Waals surface area contributed by atoms with Crippen LogP contribution >= 0.6 is 0 Å². The lowest BCUT2D eigenvalue weighted by molar-refractivity contribution is 1.19. The van der Waals surface area contributed by atoms with Gasteiger partial charge in [-0.25, -0.2) is 4.98 Å². The number of imidazole rings is 1. The molecule has 2 heterocycles. The monoisotopic (exact) mass is 686 g/mol. The SMILES string of the molecule is Cc1cccc2ccc3cccc(-c4cccc5ccc6cc(-c7ccc(-c8ccc(-c9cn%10ccccc%10n9)cc8)c8ccccc78)ccc6c45)c3c12. The summed E-state index contributed by atoms with van der Waals surface area (Å²) < 4.78 is 2.07. The number of hydrogen-bond acceptors (Lipinski definition) is 1. The van der Waals surface area contributed by atoms with Gasteiger partial charge in [0.15, 0.2) is 0 Å². The number of aromatic nitrogens is 2. The molecule has 0 unspecified atom stereocenters. The molecular formula is C52H34N2. The van der Waals surface area contributed by atoms with Crippen molar-refractivity contribution in [3.8, 4) is 44.6 Å².